The van der Waals surface area contributed by atoms with E-state index in [4.69, 9.17) is 0 Å². The third kappa shape index (κ3) is 18.1. The van der Waals surface area contributed by atoms with Crippen molar-refractivity contribution in [2.75, 3.05) is 0 Å². The maximum Gasteiger partial charge on any atom is 3.00 e. The van der Waals surface area contributed by atoms with E-state index in [9.17, 15) is 69.2 Å². The van der Waals surface area contributed by atoms with E-state index in [1.807, 2.05) is 48.5 Å². The van der Waals surface area contributed by atoms with Crippen molar-refractivity contribution in [1.82, 2.24) is 20.2 Å². The molecule has 6 heterocycles. The molecule has 10 nitrogen and oxygen atoms in total. The average molecular weight is 1070 g/mol. The molecule has 0 aliphatic carbocycles. The minimum Gasteiger partial charge on any atom is -0.869 e. The molecule has 61 heavy (non-hydrogen) atoms. The molecule has 0 aliphatic heterocycles. The number of hydrogen-bond donors (Lipinski definition) is 0. The van der Waals surface area contributed by atoms with Gasteiger partial charge in [-0.1, -0.05) is 30.3 Å². The van der Waals surface area contributed by atoms with Gasteiger partial charge in [0.05, 0.1) is 26.0 Å². The van der Waals surface area contributed by atoms with Crippen LogP contribution in [0.1, 0.15) is 29.0 Å². The second-order valence-electron chi connectivity index (χ2n) is 10.8. The van der Waals surface area contributed by atoms with Gasteiger partial charge in [-0.25, -0.2) is 0 Å². The van der Waals surface area contributed by atoms with E-state index >= 15 is 0 Å². The minimum absolute atomic E-state index is 0. The number of pyridine rings is 2. The molecule has 324 valence electrons. The molecule has 23 heteroatoms. The number of rotatable bonds is 8. The van der Waals surface area contributed by atoms with Gasteiger partial charge in [0, 0.05) is 12.4 Å². The molecule has 6 aromatic heterocycles. The summed E-state index contributed by atoms with van der Waals surface area (Å²) in [6.45, 7) is 0. The number of alkyl halides is 9. The Balaban J connectivity index is 0.000000281. The summed E-state index contributed by atoms with van der Waals surface area (Å²) in [6.07, 6.45) is -11.3. The van der Waals surface area contributed by atoms with Crippen molar-refractivity contribution in [1.29, 1.82) is 0 Å². The first-order valence-corrected chi connectivity index (χ1v) is 18.6. The van der Waals surface area contributed by atoms with E-state index in [2.05, 4.69) is 20.2 Å². The summed E-state index contributed by atoms with van der Waals surface area (Å²) in [5, 5.41) is 44.1. The maximum atomic E-state index is 11.7. The number of thiophene rings is 3. The van der Waals surface area contributed by atoms with Crippen LogP contribution in [0.2, 0.25) is 0 Å². The number of halogens is 9. The van der Waals surface area contributed by atoms with Crippen molar-refractivity contribution >= 4 is 51.4 Å². The first-order valence-electron chi connectivity index (χ1n) is 15.9. The van der Waals surface area contributed by atoms with Gasteiger partial charge in [-0.2, -0.15) is 39.5 Å². The zero-order valence-electron chi connectivity index (χ0n) is 29.8. The summed E-state index contributed by atoms with van der Waals surface area (Å²) in [5.41, 5.74) is 3.15. The molecule has 0 radical (unpaired) electrons. The van der Waals surface area contributed by atoms with Crippen LogP contribution in [0.3, 0.4) is 0 Å². The summed E-state index contributed by atoms with van der Waals surface area (Å²) >= 11 is 2.95. The van der Waals surface area contributed by atoms with Gasteiger partial charge in [-0.3, -0.25) is 24.4 Å². The molecule has 0 saturated carbocycles. The fourth-order valence-electron chi connectivity index (χ4n) is 3.71. The van der Waals surface area contributed by atoms with Gasteiger partial charge in [0.25, 0.3) is 0 Å². The molecular formula is C38H22F9N4O6S3Tm. The topological polar surface area (TPSA) is 172 Å². The summed E-state index contributed by atoms with van der Waals surface area (Å²) in [4.78, 5) is 41.8. The summed E-state index contributed by atoms with van der Waals surface area (Å²) in [6, 6.07) is 23.8. The van der Waals surface area contributed by atoms with E-state index in [0.29, 0.717) is 0 Å². The number of carbonyl (C=O) groups is 3. The number of aromatic nitrogens is 4. The van der Waals surface area contributed by atoms with Gasteiger partial charge >= 0.3 is 55.4 Å². The van der Waals surface area contributed by atoms with E-state index in [0.717, 1.165) is 56.8 Å². The third-order valence-electron chi connectivity index (χ3n) is 6.44. The SMILES string of the molecule is O=C(/C=C(\[O-])C(F)(F)F)c1cccs1.O=C(/C=C(\[O-])C(F)(F)F)c1cccs1.O=C(/C=C(\[O-])C(F)(F)F)c1cccs1.[Tm+3].c1ccc(-c2ccc(-c3ccccn3)nn2)nc1. The maximum absolute atomic E-state index is 11.7. The van der Waals surface area contributed by atoms with Crippen molar-refractivity contribution < 1.29 is 106 Å². The van der Waals surface area contributed by atoms with Crippen molar-refractivity contribution in [3.8, 4) is 22.8 Å². The van der Waals surface area contributed by atoms with Crippen LogP contribution in [0.5, 0.6) is 0 Å². The van der Waals surface area contributed by atoms with Crippen molar-refractivity contribution in [2.24, 2.45) is 0 Å². The predicted molar refractivity (Wildman–Crippen MR) is 197 cm³/mol. The van der Waals surface area contributed by atoms with Gasteiger partial charge in [0.2, 0.25) is 0 Å². The van der Waals surface area contributed by atoms with Gasteiger partial charge in [0.15, 0.2) is 17.3 Å². The molecule has 6 rings (SSSR count). The molecule has 0 aromatic carbocycles. The summed E-state index contributed by atoms with van der Waals surface area (Å²) < 4.78 is 105. The van der Waals surface area contributed by atoms with Gasteiger partial charge in [-0.05, 0) is 106 Å². The van der Waals surface area contributed by atoms with Crippen molar-refractivity contribution in [2.45, 2.75) is 18.5 Å². The first-order chi connectivity index (χ1) is 28.2. The Bertz CT molecular complexity index is 2130. The normalized spacial score (nSPS) is 11.9. The monoisotopic (exact) mass is 1070 g/mol. The summed E-state index contributed by atoms with van der Waals surface area (Å²) in [7, 11) is 0. The summed E-state index contributed by atoms with van der Waals surface area (Å²) in [5.74, 6) is -9.13. The van der Waals surface area contributed by atoms with E-state index in [1.54, 1.807) is 28.5 Å². The number of ketones is 3. The Hall–Kier alpha value is -5.29. The second-order valence-corrected chi connectivity index (χ2v) is 13.6. The Morgan fingerprint density at radius 3 is 0.934 bits per heavy atom. The van der Waals surface area contributed by atoms with E-state index < -0.39 is 53.2 Å². The van der Waals surface area contributed by atoms with Crippen LogP contribution in [-0.2, 0) is 0 Å². The molecule has 0 atom stereocenters. The fraction of sp³-hybridized carbons (Fsp3) is 0.0789. The van der Waals surface area contributed by atoms with Crippen LogP contribution in [0, 0.1) is 36.9 Å². The number of hydrogen-bond acceptors (Lipinski definition) is 13. The van der Waals surface area contributed by atoms with Crippen LogP contribution in [0.25, 0.3) is 22.8 Å². The Morgan fingerprint density at radius 2 is 0.738 bits per heavy atom. The van der Waals surface area contributed by atoms with Gasteiger partial charge in [-0.15, -0.1) is 44.2 Å². The second kappa shape index (κ2) is 24.2. The molecule has 0 fully saturated rings. The first kappa shape index (κ1) is 51.9. The minimum atomic E-state index is -4.98. The smallest absolute Gasteiger partial charge is 0.869 e. The van der Waals surface area contributed by atoms with Crippen molar-refractivity contribution in [3.05, 3.63) is 164 Å². The van der Waals surface area contributed by atoms with Crippen molar-refractivity contribution in [3.63, 3.8) is 0 Å². The van der Waals surface area contributed by atoms with Crippen LogP contribution in [0.4, 0.5) is 39.5 Å². The number of allylic oxidation sites excluding steroid dienone is 6. The Morgan fingerprint density at radius 1 is 0.443 bits per heavy atom. The zero-order chi connectivity index (χ0) is 44.5. The third-order valence-corrected chi connectivity index (χ3v) is 9.09. The largest absolute Gasteiger partial charge is 3.00 e. The van der Waals surface area contributed by atoms with Crippen LogP contribution in [0.15, 0.2) is 149 Å². The molecule has 0 N–H and O–H groups in total. The number of nitrogens with zero attached hydrogens (tertiary/aromatic N) is 4. The number of carbonyl (C=O) groups excluding carboxylic acids is 3. The Kier molecular flexibility index (Phi) is 20.6. The van der Waals surface area contributed by atoms with Gasteiger partial charge < -0.3 is 15.3 Å². The van der Waals surface area contributed by atoms with Gasteiger partial charge in [0.1, 0.15) is 11.4 Å². The van der Waals surface area contributed by atoms with E-state index in [1.165, 1.54) is 36.4 Å². The van der Waals surface area contributed by atoms with Crippen LogP contribution in [-0.4, -0.2) is 56.0 Å². The molecule has 0 bridgehead atoms. The van der Waals surface area contributed by atoms with Crippen LogP contribution >= 0.6 is 34.0 Å². The average Bonchev–Trinajstić information content (AvgIpc) is 4.04. The molecule has 0 spiro atoms. The van der Waals surface area contributed by atoms with Crippen LogP contribution < -0.4 is 15.3 Å². The quantitative estimate of drug-likeness (QED) is 0.0634. The van der Waals surface area contributed by atoms with E-state index in [-0.39, 0.29) is 69.7 Å². The molecule has 6 aromatic rings. The molecule has 0 saturated heterocycles. The molecule has 0 aliphatic rings. The Labute approximate surface area is 379 Å². The fourth-order valence-corrected chi connectivity index (χ4v) is 5.61. The standard InChI is InChI=1S/C14H10N4.3C8H5F3O2S.Tm/c1-3-9-15-11(5-1)13-7-8-14(18-17-13)12-6-2-4-10-16-12;3*9-8(10,11)7(13)4-5(12)6-2-1-3-14-6;/h1-10H;3*1-4,13H;/q;;;;+3/p-3/b;3*7-4-;. The predicted octanol–water partition coefficient (Wildman–Crippen LogP) is 7.81. The zero-order valence-corrected chi connectivity index (χ0v) is 34.1. The molecular weight excluding hydrogens is 1040 g/mol. The molecule has 0 unspecified atom stereocenters. The molecule has 0 amide bonds.